The van der Waals surface area contributed by atoms with Crippen LogP contribution in [0.5, 0.6) is 0 Å². The molecule has 0 bridgehead atoms. The van der Waals surface area contributed by atoms with E-state index < -0.39 is 0 Å². The Morgan fingerprint density at radius 3 is 1.29 bits per heavy atom. The van der Waals surface area contributed by atoms with Gasteiger partial charge in [0.2, 0.25) is 0 Å². The van der Waals surface area contributed by atoms with Gasteiger partial charge in [0.15, 0.2) is 0 Å². The third-order valence-corrected chi connectivity index (χ3v) is 3.84. The number of rotatable bonds is 0. The molecule has 4 nitrogen and oxygen atoms in total. The van der Waals surface area contributed by atoms with Crippen LogP contribution in [0, 0.1) is 35.8 Å². The maximum absolute atomic E-state index is 9.39. The maximum Gasteiger partial charge on any atom is 0.268 e. The summed E-state index contributed by atoms with van der Waals surface area (Å²) >= 11 is 0. The lowest BCUT2D eigenvalue weighted by Crippen LogP contribution is -2.30. The highest BCUT2D eigenvalue weighted by Gasteiger charge is 2.11. The summed E-state index contributed by atoms with van der Waals surface area (Å²) in [7, 11) is 0. The van der Waals surface area contributed by atoms with Crippen molar-refractivity contribution in [1.29, 1.82) is 10.5 Å². The Morgan fingerprint density at radius 2 is 1.00 bits per heavy atom. The van der Waals surface area contributed by atoms with Crippen LogP contribution in [0.4, 0.5) is 0 Å². The molecule has 0 aromatic heterocycles. The zero-order chi connectivity index (χ0) is 17.1. The smallest absolute Gasteiger partial charge is 0.226 e. The molecule has 0 aliphatic rings. The Morgan fingerprint density at radius 1 is 0.667 bits per heavy atom. The number of hydrogen-bond acceptors (Lipinski definition) is 2. The third kappa shape index (κ3) is 2.05. The van der Waals surface area contributed by atoms with Gasteiger partial charge < -0.3 is 0 Å². The summed E-state index contributed by atoms with van der Waals surface area (Å²) in [6, 6.07) is 18.6. The first-order valence-corrected chi connectivity index (χ1v) is 7.00. The second kappa shape index (κ2) is 5.94. The van der Waals surface area contributed by atoms with E-state index in [2.05, 4.69) is 9.69 Å². The monoisotopic (exact) mass is 304 g/mol. The van der Waals surface area contributed by atoms with Crippen LogP contribution in [0.3, 0.4) is 0 Å². The van der Waals surface area contributed by atoms with Gasteiger partial charge in [0.05, 0.1) is 25.3 Å². The van der Waals surface area contributed by atoms with E-state index in [9.17, 15) is 10.5 Å². The fraction of sp³-hybridized carbons (Fsp3) is 0. The SMILES string of the molecule is [C-]#[N+]/C(C#N)=c1\c(=C(/C#N)[N+]#[C-])c2ccccc2c2ccccc12. The number of benzene rings is 3. The van der Waals surface area contributed by atoms with E-state index in [4.69, 9.17) is 13.1 Å². The lowest BCUT2D eigenvalue weighted by atomic mass is 9.96. The van der Waals surface area contributed by atoms with Gasteiger partial charge in [0.1, 0.15) is 0 Å². The lowest BCUT2D eigenvalue weighted by Gasteiger charge is -2.08. The first kappa shape index (κ1) is 14.8. The highest BCUT2D eigenvalue weighted by molar-refractivity contribution is 6.09. The van der Waals surface area contributed by atoms with Gasteiger partial charge in [-0.2, -0.15) is 0 Å². The van der Waals surface area contributed by atoms with Crippen molar-refractivity contribution in [3.8, 4) is 12.1 Å². The number of nitriles is 2. The highest BCUT2D eigenvalue weighted by atomic mass is 14.7. The quantitative estimate of drug-likeness (QED) is 0.473. The maximum atomic E-state index is 9.39. The summed E-state index contributed by atoms with van der Waals surface area (Å²) in [4.78, 5) is 6.65. The molecule has 0 aliphatic carbocycles. The zero-order valence-corrected chi connectivity index (χ0v) is 12.4. The molecule has 0 saturated heterocycles. The molecule has 108 valence electrons. The van der Waals surface area contributed by atoms with E-state index in [1.165, 1.54) is 0 Å². The van der Waals surface area contributed by atoms with Crippen molar-refractivity contribution in [2.75, 3.05) is 0 Å². The minimum atomic E-state index is -0.122. The highest BCUT2D eigenvalue weighted by Crippen LogP contribution is 2.21. The Labute approximate surface area is 138 Å². The Kier molecular flexibility index (Phi) is 3.66. The summed E-state index contributed by atoms with van der Waals surface area (Å²) in [6.07, 6.45) is 0. The molecule has 0 unspecified atom stereocenters. The molecule has 0 saturated carbocycles. The van der Waals surface area contributed by atoms with Crippen LogP contribution in [0.25, 0.3) is 42.6 Å². The average Bonchev–Trinajstić information content (AvgIpc) is 2.65. The standard InChI is InChI=1S/C20H8N4/c1-23-17(11-21)19-15-9-5-3-7-13(15)14-8-4-6-10-16(14)20(19)18(12-22)24-2/h3-10H/b19-17-,20-18+. The summed E-state index contributed by atoms with van der Waals surface area (Å²) < 4.78 is 0. The largest absolute Gasteiger partial charge is 0.268 e. The lowest BCUT2D eigenvalue weighted by molar-refractivity contribution is 1.50. The predicted octanol–water partition coefficient (Wildman–Crippen LogP) is 3.10. The van der Waals surface area contributed by atoms with E-state index in [0.717, 1.165) is 10.8 Å². The molecule has 3 rings (SSSR count). The molecular weight excluding hydrogens is 296 g/mol. The van der Waals surface area contributed by atoms with E-state index in [0.29, 0.717) is 21.2 Å². The van der Waals surface area contributed by atoms with E-state index >= 15 is 0 Å². The number of hydrogen-bond donors (Lipinski definition) is 0. The average molecular weight is 304 g/mol. The van der Waals surface area contributed by atoms with Crippen LogP contribution in [0.2, 0.25) is 0 Å². The van der Waals surface area contributed by atoms with Crippen LogP contribution >= 0.6 is 0 Å². The molecule has 24 heavy (non-hydrogen) atoms. The summed E-state index contributed by atoms with van der Waals surface area (Å²) in [5.41, 5.74) is -0.244. The predicted molar refractivity (Wildman–Crippen MR) is 92.0 cm³/mol. The van der Waals surface area contributed by atoms with Crippen molar-refractivity contribution in [3.63, 3.8) is 0 Å². The van der Waals surface area contributed by atoms with Crippen molar-refractivity contribution in [3.05, 3.63) is 81.8 Å². The number of nitrogens with zero attached hydrogens (tertiary/aromatic N) is 4. The Balaban J connectivity index is 2.99. The van der Waals surface area contributed by atoms with Gasteiger partial charge in [0.25, 0.3) is 11.4 Å². The molecule has 0 N–H and O–H groups in total. The van der Waals surface area contributed by atoms with Crippen LogP contribution in [-0.4, -0.2) is 0 Å². The van der Waals surface area contributed by atoms with Gasteiger partial charge in [-0.15, -0.1) is 0 Å². The topological polar surface area (TPSA) is 56.3 Å². The van der Waals surface area contributed by atoms with Crippen LogP contribution in [0.15, 0.2) is 48.5 Å². The van der Waals surface area contributed by atoms with Gasteiger partial charge in [0, 0.05) is 0 Å². The first-order valence-electron chi connectivity index (χ1n) is 7.00. The second-order valence-corrected chi connectivity index (χ2v) is 4.99. The second-order valence-electron chi connectivity index (χ2n) is 4.99. The van der Waals surface area contributed by atoms with E-state index in [1.54, 1.807) is 0 Å². The van der Waals surface area contributed by atoms with Gasteiger partial charge in [-0.05, 0) is 32.0 Å². The van der Waals surface area contributed by atoms with Gasteiger partial charge in [-0.3, -0.25) is 0 Å². The van der Waals surface area contributed by atoms with Crippen molar-refractivity contribution in [1.82, 2.24) is 0 Å². The molecule has 0 heterocycles. The van der Waals surface area contributed by atoms with Crippen LogP contribution < -0.4 is 10.4 Å². The molecule has 0 spiro atoms. The molecule has 0 fully saturated rings. The van der Waals surface area contributed by atoms with Crippen molar-refractivity contribution >= 4 is 32.9 Å². The molecular formula is C20H8N4. The zero-order valence-electron chi connectivity index (χ0n) is 12.4. The molecule has 0 atom stereocenters. The van der Waals surface area contributed by atoms with Crippen LogP contribution in [0.1, 0.15) is 0 Å². The van der Waals surface area contributed by atoms with Gasteiger partial charge in [-0.25, -0.2) is 20.2 Å². The summed E-state index contributed by atoms with van der Waals surface area (Å²) in [6.45, 7) is 14.7. The summed E-state index contributed by atoms with van der Waals surface area (Å²) in [5.74, 6) is 0. The molecule has 4 heteroatoms. The van der Waals surface area contributed by atoms with Gasteiger partial charge in [-0.1, -0.05) is 48.5 Å². The minimum absolute atomic E-state index is 0.122. The Hall–Kier alpha value is -4.12. The fourth-order valence-corrected chi connectivity index (χ4v) is 2.91. The Bertz CT molecular complexity index is 1150. The van der Waals surface area contributed by atoms with Crippen molar-refractivity contribution in [2.45, 2.75) is 0 Å². The van der Waals surface area contributed by atoms with E-state index in [-0.39, 0.29) is 11.4 Å². The molecule has 3 aromatic carbocycles. The normalized spacial score (nSPS) is 12.5. The van der Waals surface area contributed by atoms with Crippen molar-refractivity contribution < 1.29 is 0 Å². The molecule has 0 radical (unpaired) electrons. The molecule has 0 aliphatic heterocycles. The van der Waals surface area contributed by atoms with E-state index in [1.807, 2.05) is 60.7 Å². The molecule has 3 aromatic rings. The number of fused-ring (bicyclic) bond motifs is 3. The minimum Gasteiger partial charge on any atom is -0.226 e. The fourth-order valence-electron chi connectivity index (χ4n) is 2.91. The summed E-state index contributed by atoms with van der Waals surface area (Å²) in [5, 5.41) is 22.6. The molecule has 0 amide bonds. The third-order valence-electron chi connectivity index (χ3n) is 3.84. The van der Waals surface area contributed by atoms with Crippen molar-refractivity contribution in [2.24, 2.45) is 0 Å². The van der Waals surface area contributed by atoms with Gasteiger partial charge >= 0.3 is 0 Å². The first-order chi connectivity index (χ1) is 11.8. The van der Waals surface area contributed by atoms with Crippen LogP contribution in [-0.2, 0) is 0 Å².